The van der Waals surface area contributed by atoms with E-state index in [1.54, 1.807) is 18.2 Å². The van der Waals surface area contributed by atoms with Crippen LogP contribution in [0.3, 0.4) is 0 Å². The van der Waals surface area contributed by atoms with Crippen molar-refractivity contribution in [2.24, 2.45) is 5.92 Å². The van der Waals surface area contributed by atoms with Crippen molar-refractivity contribution in [2.45, 2.75) is 63.8 Å². The normalized spacial score (nSPS) is 17.8. The molecule has 0 unspecified atom stereocenters. The molecule has 1 aliphatic carbocycles. The van der Waals surface area contributed by atoms with E-state index in [4.69, 9.17) is 0 Å². The fourth-order valence-corrected chi connectivity index (χ4v) is 5.70. The minimum atomic E-state index is -3.62. The maximum atomic E-state index is 12.9. The number of fused-ring (bicyclic) bond motifs is 1. The number of benzene rings is 2. The van der Waals surface area contributed by atoms with Crippen molar-refractivity contribution < 1.29 is 18.0 Å². The molecule has 32 heavy (non-hydrogen) atoms. The molecule has 1 aliphatic heterocycles. The van der Waals surface area contributed by atoms with E-state index in [1.807, 2.05) is 43.9 Å². The second kappa shape index (κ2) is 8.70. The Morgan fingerprint density at radius 2 is 1.91 bits per heavy atom. The lowest BCUT2D eigenvalue weighted by molar-refractivity contribution is -0.120. The van der Waals surface area contributed by atoms with Gasteiger partial charge in [-0.05, 0) is 74.4 Å². The van der Waals surface area contributed by atoms with Crippen molar-refractivity contribution >= 4 is 33.0 Å². The molecule has 6 nitrogen and oxygen atoms in total. The summed E-state index contributed by atoms with van der Waals surface area (Å²) in [4.78, 5) is 27.2. The molecular formula is C25H30N2O4S. The first-order valence-electron chi connectivity index (χ1n) is 11.3. The molecular weight excluding hydrogens is 424 g/mol. The second-order valence-corrected chi connectivity index (χ2v) is 11.0. The number of amides is 2. The van der Waals surface area contributed by atoms with Crippen molar-refractivity contribution in [3.63, 3.8) is 0 Å². The quantitative estimate of drug-likeness (QED) is 0.684. The number of hydrogen-bond donors (Lipinski definition) is 1. The summed E-state index contributed by atoms with van der Waals surface area (Å²) in [6.45, 7) is 5.94. The molecule has 2 aliphatic rings. The molecule has 7 heteroatoms. The lowest BCUT2D eigenvalue weighted by atomic mass is 10.1. The number of sulfone groups is 1. The standard InChI is InChI=1S/C25H30N2O4S/c1-4-18-7-5-6-16(2)24(18)26-23(28)12-13-32(30,31)21-10-11-22-20(15-21)14-17(3)27(22)25(29)19-8-9-19/h5-7,10-11,15,17,19H,4,8-9,12-14H2,1-3H3,(H,26,28)/t17-/m0/s1. The van der Waals surface area contributed by atoms with Crippen LogP contribution < -0.4 is 10.2 Å². The minimum Gasteiger partial charge on any atom is -0.326 e. The highest BCUT2D eigenvalue weighted by Crippen LogP contribution is 2.39. The van der Waals surface area contributed by atoms with Crippen LogP contribution in [0, 0.1) is 12.8 Å². The minimum absolute atomic E-state index is 0.0312. The highest BCUT2D eigenvalue weighted by Gasteiger charge is 2.39. The van der Waals surface area contributed by atoms with E-state index in [-0.39, 0.29) is 40.8 Å². The number of para-hydroxylation sites is 1. The monoisotopic (exact) mass is 454 g/mol. The van der Waals surface area contributed by atoms with Crippen LogP contribution in [-0.4, -0.2) is 32.0 Å². The maximum absolute atomic E-state index is 12.9. The zero-order valence-electron chi connectivity index (χ0n) is 18.8. The average molecular weight is 455 g/mol. The summed E-state index contributed by atoms with van der Waals surface area (Å²) >= 11 is 0. The predicted molar refractivity (Wildman–Crippen MR) is 126 cm³/mol. The molecule has 0 radical (unpaired) electrons. The van der Waals surface area contributed by atoms with Crippen molar-refractivity contribution in [3.05, 3.63) is 53.1 Å². The lowest BCUT2D eigenvalue weighted by Crippen LogP contribution is -2.36. The van der Waals surface area contributed by atoms with Crippen molar-refractivity contribution in [3.8, 4) is 0 Å². The summed E-state index contributed by atoms with van der Waals surface area (Å²) in [7, 11) is -3.62. The zero-order valence-corrected chi connectivity index (χ0v) is 19.7. The third kappa shape index (κ3) is 4.44. The van der Waals surface area contributed by atoms with Gasteiger partial charge in [0.2, 0.25) is 11.8 Å². The summed E-state index contributed by atoms with van der Waals surface area (Å²) in [5.41, 5.74) is 4.45. The van der Waals surface area contributed by atoms with Crippen LogP contribution in [0.2, 0.25) is 0 Å². The molecule has 4 rings (SSSR count). The van der Waals surface area contributed by atoms with Crippen LogP contribution in [0.1, 0.15) is 49.8 Å². The molecule has 1 saturated carbocycles. The molecule has 1 heterocycles. The molecule has 0 spiro atoms. The van der Waals surface area contributed by atoms with Gasteiger partial charge in [0.15, 0.2) is 9.84 Å². The molecule has 0 aromatic heterocycles. The van der Waals surface area contributed by atoms with Gasteiger partial charge in [-0.2, -0.15) is 0 Å². The van der Waals surface area contributed by atoms with Gasteiger partial charge < -0.3 is 10.2 Å². The van der Waals surface area contributed by atoms with Crippen molar-refractivity contribution in [1.29, 1.82) is 0 Å². The second-order valence-electron chi connectivity index (χ2n) is 8.91. The SMILES string of the molecule is CCc1cccc(C)c1NC(=O)CCS(=O)(=O)c1ccc2c(c1)C[C@H](C)N2C(=O)C1CC1. The predicted octanol–water partition coefficient (Wildman–Crippen LogP) is 4.05. The van der Waals surface area contributed by atoms with Crippen molar-refractivity contribution in [2.75, 3.05) is 16.0 Å². The fraction of sp³-hybridized carbons (Fsp3) is 0.440. The number of rotatable bonds is 7. The Hall–Kier alpha value is -2.67. The first-order chi connectivity index (χ1) is 15.2. The van der Waals surface area contributed by atoms with Crippen LogP contribution in [0.15, 0.2) is 41.3 Å². The lowest BCUT2D eigenvalue weighted by Gasteiger charge is -2.22. The number of carbonyl (C=O) groups is 2. The molecule has 1 fully saturated rings. The zero-order chi connectivity index (χ0) is 23.0. The molecule has 2 aromatic carbocycles. The van der Waals surface area contributed by atoms with Gasteiger partial charge >= 0.3 is 0 Å². The van der Waals surface area contributed by atoms with Crippen LogP contribution in [-0.2, 0) is 32.3 Å². The number of aryl methyl sites for hydroxylation is 2. The largest absolute Gasteiger partial charge is 0.326 e. The molecule has 1 N–H and O–H groups in total. The van der Waals surface area contributed by atoms with Gasteiger partial charge in [0.1, 0.15) is 0 Å². The van der Waals surface area contributed by atoms with E-state index in [0.717, 1.165) is 47.3 Å². The van der Waals surface area contributed by atoms with Gasteiger partial charge in [-0.15, -0.1) is 0 Å². The van der Waals surface area contributed by atoms with E-state index in [0.29, 0.717) is 6.42 Å². The average Bonchev–Trinajstić information content (AvgIpc) is 3.55. The summed E-state index contributed by atoms with van der Waals surface area (Å²) in [5.74, 6) is -0.308. The number of nitrogens with zero attached hydrogens (tertiary/aromatic N) is 1. The summed E-state index contributed by atoms with van der Waals surface area (Å²) in [5, 5.41) is 2.89. The third-order valence-corrected chi connectivity index (χ3v) is 8.11. The van der Waals surface area contributed by atoms with Gasteiger partial charge in [0.05, 0.1) is 10.6 Å². The Morgan fingerprint density at radius 1 is 1.16 bits per heavy atom. The Balaban J connectivity index is 1.45. The summed E-state index contributed by atoms with van der Waals surface area (Å²) < 4.78 is 25.9. The van der Waals surface area contributed by atoms with E-state index in [2.05, 4.69) is 5.32 Å². The molecule has 0 saturated heterocycles. The van der Waals surface area contributed by atoms with Crippen LogP contribution in [0.4, 0.5) is 11.4 Å². The molecule has 2 amide bonds. The van der Waals surface area contributed by atoms with Crippen LogP contribution in [0.25, 0.3) is 0 Å². The highest BCUT2D eigenvalue weighted by atomic mass is 32.2. The smallest absolute Gasteiger partial charge is 0.230 e. The Labute approximate surface area is 189 Å². The number of anilines is 2. The van der Waals surface area contributed by atoms with Gasteiger partial charge in [-0.1, -0.05) is 25.1 Å². The number of nitrogens with one attached hydrogen (secondary N) is 1. The maximum Gasteiger partial charge on any atom is 0.230 e. The first kappa shape index (κ1) is 22.5. The van der Waals surface area contributed by atoms with E-state index >= 15 is 0 Å². The summed E-state index contributed by atoms with van der Waals surface area (Å²) in [6.07, 6.45) is 3.19. The molecule has 1 atom stereocenters. The number of hydrogen-bond acceptors (Lipinski definition) is 4. The Kier molecular flexibility index (Phi) is 6.12. The van der Waals surface area contributed by atoms with Crippen LogP contribution >= 0.6 is 0 Å². The topological polar surface area (TPSA) is 83.6 Å². The Morgan fingerprint density at radius 3 is 2.59 bits per heavy atom. The van der Waals surface area contributed by atoms with Gasteiger partial charge in [-0.3, -0.25) is 9.59 Å². The first-order valence-corrected chi connectivity index (χ1v) is 12.9. The van der Waals surface area contributed by atoms with Gasteiger partial charge in [-0.25, -0.2) is 8.42 Å². The van der Waals surface area contributed by atoms with Gasteiger partial charge in [0, 0.05) is 29.8 Å². The Bertz CT molecular complexity index is 1170. The molecule has 170 valence electrons. The summed E-state index contributed by atoms with van der Waals surface area (Å²) in [6, 6.07) is 10.8. The molecule has 0 bridgehead atoms. The third-order valence-electron chi connectivity index (χ3n) is 6.39. The van der Waals surface area contributed by atoms with E-state index < -0.39 is 9.84 Å². The fourth-order valence-electron chi connectivity index (χ4n) is 4.41. The van der Waals surface area contributed by atoms with Crippen molar-refractivity contribution in [1.82, 2.24) is 0 Å². The van der Waals surface area contributed by atoms with Gasteiger partial charge in [0.25, 0.3) is 0 Å². The molecule has 2 aromatic rings. The van der Waals surface area contributed by atoms with Crippen LogP contribution in [0.5, 0.6) is 0 Å². The highest BCUT2D eigenvalue weighted by molar-refractivity contribution is 7.91. The van der Waals surface area contributed by atoms with E-state index in [9.17, 15) is 18.0 Å². The van der Waals surface area contributed by atoms with E-state index in [1.165, 1.54) is 0 Å². The number of carbonyl (C=O) groups excluding carboxylic acids is 2.